The van der Waals surface area contributed by atoms with Crippen LogP contribution in [0.5, 0.6) is 0 Å². The van der Waals surface area contributed by atoms with Crippen molar-refractivity contribution in [3.63, 3.8) is 0 Å². The lowest BCUT2D eigenvalue weighted by atomic mass is 9.79. The molecule has 1 saturated heterocycles. The summed E-state index contributed by atoms with van der Waals surface area (Å²) in [7, 11) is 4.17. The number of amides is 1. The number of rotatable bonds is 6. The summed E-state index contributed by atoms with van der Waals surface area (Å²) in [5.74, 6) is 0.258. The van der Waals surface area contributed by atoms with E-state index in [2.05, 4.69) is 53.5 Å². The Morgan fingerprint density at radius 2 is 1.68 bits per heavy atom. The Morgan fingerprint density at radius 1 is 1.04 bits per heavy atom. The molecule has 1 aromatic carbocycles. The number of nitrogens with one attached hydrogen (secondary N) is 1. The van der Waals surface area contributed by atoms with E-state index < -0.39 is 0 Å². The number of likely N-dealkylation sites (tertiary alicyclic amines) is 1. The van der Waals surface area contributed by atoms with E-state index in [0.29, 0.717) is 6.54 Å². The first-order valence-electron chi connectivity index (χ1n) is 9.87. The molecule has 2 fully saturated rings. The molecule has 2 aliphatic rings. The highest BCUT2D eigenvalue weighted by atomic mass is 16.2. The fourth-order valence-corrected chi connectivity index (χ4v) is 4.53. The van der Waals surface area contributed by atoms with Crippen molar-refractivity contribution in [2.75, 3.05) is 27.2 Å². The maximum Gasteiger partial charge on any atom is 0.240 e. The van der Waals surface area contributed by atoms with Crippen molar-refractivity contribution in [3.8, 4) is 0 Å². The Bertz CT molecular complexity index is 572. The summed E-state index contributed by atoms with van der Waals surface area (Å²) in [5.41, 5.74) is 2.29. The van der Waals surface area contributed by atoms with E-state index in [0.717, 1.165) is 32.5 Å². The summed E-state index contributed by atoms with van der Waals surface area (Å²) >= 11 is 0. The molecule has 1 saturated carbocycles. The highest BCUT2D eigenvalue weighted by Gasteiger charge is 2.45. The Kier molecular flexibility index (Phi) is 6.13. The maximum absolute atomic E-state index is 13.3. The summed E-state index contributed by atoms with van der Waals surface area (Å²) < 4.78 is 0. The predicted molar refractivity (Wildman–Crippen MR) is 102 cm³/mol. The van der Waals surface area contributed by atoms with Crippen LogP contribution in [0, 0.1) is 0 Å². The summed E-state index contributed by atoms with van der Waals surface area (Å²) in [5, 5.41) is 3.30. The highest BCUT2D eigenvalue weighted by Crippen LogP contribution is 2.36. The number of carbonyl (C=O) groups is 1. The minimum Gasteiger partial charge on any atom is -0.350 e. The van der Waals surface area contributed by atoms with Crippen LogP contribution >= 0.6 is 0 Å². The fraction of sp³-hybridized carbons (Fsp3) is 0.667. The molecule has 0 unspecified atom stereocenters. The molecular weight excluding hydrogens is 310 g/mol. The zero-order valence-electron chi connectivity index (χ0n) is 15.9. The van der Waals surface area contributed by atoms with Gasteiger partial charge in [-0.2, -0.15) is 0 Å². The van der Waals surface area contributed by atoms with Gasteiger partial charge in [0.1, 0.15) is 5.54 Å². The van der Waals surface area contributed by atoms with Crippen LogP contribution in [0.25, 0.3) is 0 Å². The van der Waals surface area contributed by atoms with E-state index in [4.69, 9.17) is 0 Å². The molecular formula is C21H33N3O. The van der Waals surface area contributed by atoms with Gasteiger partial charge in [0.25, 0.3) is 0 Å². The second kappa shape index (κ2) is 8.33. The number of carbonyl (C=O) groups excluding carboxylic acids is 1. The number of hydrogen-bond donors (Lipinski definition) is 1. The van der Waals surface area contributed by atoms with Crippen LogP contribution in [0.3, 0.4) is 0 Å². The van der Waals surface area contributed by atoms with Crippen molar-refractivity contribution < 1.29 is 4.79 Å². The number of nitrogens with zero attached hydrogens (tertiary/aromatic N) is 2. The smallest absolute Gasteiger partial charge is 0.240 e. The van der Waals surface area contributed by atoms with Gasteiger partial charge in [-0.25, -0.2) is 0 Å². The average molecular weight is 344 g/mol. The van der Waals surface area contributed by atoms with E-state index >= 15 is 0 Å². The van der Waals surface area contributed by atoms with Crippen LogP contribution in [0.2, 0.25) is 0 Å². The maximum atomic E-state index is 13.3. The monoisotopic (exact) mass is 343 g/mol. The molecule has 3 rings (SSSR count). The molecule has 1 aliphatic carbocycles. The van der Waals surface area contributed by atoms with Gasteiger partial charge in [0.05, 0.1) is 0 Å². The van der Waals surface area contributed by atoms with Gasteiger partial charge in [0.2, 0.25) is 5.91 Å². The minimum absolute atomic E-state index is 0.245. The number of benzene rings is 1. The summed E-state index contributed by atoms with van der Waals surface area (Å²) in [6, 6.07) is 8.45. The molecule has 1 aromatic rings. The normalized spacial score (nSPS) is 20.8. The molecule has 25 heavy (non-hydrogen) atoms. The third-order valence-electron chi connectivity index (χ3n) is 5.86. The Balaban J connectivity index is 1.70. The average Bonchev–Trinajstić information content (AvgIpc) is 3.16. The van der Waals surface area contributed by atoms with Crippen LogP contribution in [0.1, 0.15) is 56.1 Å². The van der Waals surface area contributed by atoms with Gasteiger partial charge in [0, 0.05) is 13.1 Å². The van der Waals surface area contributed by atoms with E-state index in [9.17, 15) is 4.79 Å². The van der Waals surface area contributed by atoms with Crippen LogP contribution in [-0.4, -0.2) is 48.4 Å². The first-order chi connectivity index (χ1) is 12.1. The van der Waals surface area contributed by atoms with Crippen LogP contribution in [0.4, 0.5) is 0 Å². The molecule has 0 atom stereocenters. The van der Waals surface area contributed by atoms with Crippen molar-refractivity contribution in [3.05, 3.63) is 35.4 Å². The van der Waals surface area contributed by atoms with E-state index in [-0.39, 0.29) is 11.4 Å². The molecule has 1 amide bonds. The molecule has 0 radical (unpaired) electrons. The van der Waals surface area contributed by atoms with Gasteiger partial charge < -0.3 is 10.2 Å². The van der Waals surface area contributed by atoms with Crippen molar-refractivity contribution in [2.45, 2.75) is 63.6 Å². The Hall–Kier alpha value is -1.39. The van der Waals surface area contributed by atoms with Crippen molar-refractivity contribution >= 4 is 5.91 Å². The van der Waals surface area contributed by atoms with Crippen molar-refractivity contribution in [1.29, 1.82) is 0 Å². The van der Waals surface area contributed by atoms with E-state index in [1.54, 1.807) is 0 Å². The third kappa shape index (κ3) is 4.24. The molecule has 4 nitrogen and oxygen atoms in total. The molecule has 0 bridgehead atoms. The SMILES string of the molecule is CN(C)Cc1ccccc1CNC(=O)C1(N2CCCC2)CCCCC1. The molecule has 1 aliphatic heterocycles. The predicted octanol–water partition coefficient (Wildman–Crippen LogP) is 3.16. The standard InChI is InChI=1S/C21H33N3O/c1-23(2)17-19-11-5-4-10-18(19)16-22-20(25)21(12-6-3-7-13-21)24-14-8-9-15-24/h4-5,10-11H,3,6-9,12-17H2,1-2H3,(H,22,25). The van der Waals surface area contributed by atoms with E-state index in [1.165, 1.54) is 43.2 Å². The molecule has 1 N–H and O–H groups in total. The first kappa shape index (κ1) is 18.4. The van der Waals surface area contributed by atoms with Gasteiger partial charge >= 0.3 is 0 Å². The van der Waals surface area contributed by atoms with Gasteiger partial charge in [-0.15, -0.1) is 0 Å². The molecule has 138 valence electrons. The lowest BCUT2D eigenvalue weighted by Gasteiger charge is -2.43. The van der Waals surface area contributed by atoms with Crippen LogP contribution in [-0.2, 0) is 17.9 Å². The molecule has 1 heterocycles. The third-order valence-corrected chi connectivity index (χ3v) is 5.86. The zero-order chi connectivity index (χ0) is 17.7. The summed E-state index contributed by atoms with van der Waals surface area (Å²) in [6.45, 7) is 3.72. The largest absolute Gasteiger partial charge is 0.350 e. The van der Waals surface area contributed by atoms with Gasteiger partial charge in [-0.3, -0.25) is 9.69 Å². The van der Waals surface area contributed by atoms with E-state index in [1.807, 2.05) is 0 Å². The van der Waals surface area contributed by atoms with Gasteiger partial charge in [-0.1, -0.05) is 43.5 Å². The minimum atomic E-state index is -0.245. The quantitative estimate of drug-likeness (QED) is 0.862. The topological polar surface area (TPSA) is 35.6 Å². The van der Waals surface area contributed by atoms with Crippen LogP contribution in [0.15, 0.2) is 24.3 Å². The molecule has 4 heteroatoms. The van der Waals surface area contributed by atoms with Gasteiger partial charge in [-0.05, 0) is 64.0 Å². The van der Waals surface area contributed by atoms with Crippen molar-refractivity contribution in [2.24, 2.45) is 0 Å². The number of hydrogen-bond acceptors (Lipinski definition) is 3. The lowest BCUT2D eigenvalue weighted by Crippen LogP contribution is -2.58. The lowest BCUT2D eigenvalue weighted by molar-refractivity contribution is -0.135. The second-order valence-electron chi connectivity index (χ2n) is 7.98. The van der Waals surface area contributed by atoms with Crippen molar-refractivity contribution in [1.82, 2.24) is 15.1 Å². The summed E-state index contributed by atoms with van der Waals surface area (Å²) in [6.07, 6.45) is 8.16. The van der Waals surface area contributed by atoms with Crippen LogP contribution < -0.4 is 5.32 Å². The summed E-state index contributed by atoms with van der Waals surface area (Å²) in [4.78, 5) is 17.9. The van der Waals surface area contributed by atoms with Gasteiger partial charge in [0.15, 0.2) is 0 Å². The fourth-order valence-electron chi connectivity index (χ4n) is 4.53. The zero-order valence-corrected chi connectivity index (χ0v) is 15.9. The molecule has 0 spiro atoms. The Morgan fingerprint density at radius 3 is 2.32 bits per heavy atom. The first-order valence-corrected chi connectivity index (χ1v) is 9.87. The highest BCUT2D eigenvalue weighted by molar-refractivity contribution is 5.86. The second-order valence-corrected chi connectivity index (χ2v) is 7.98. The Labute approximate surface area is 152 Å². The molecule has 0 aromatic heterocycles.